The summed E-state index contributed by atoms with van der Waals surface area (Å²) in [7, 11) is 0. The molecule has 0 saturated carbocycles. The van der Waals surface area contributed by atoms with Gasteiger partial charge in [-0.25, -0.2) is 4.39 Å². The summed E-state index contributed by atoms with van der Waals surface area (Å²) in [6, 6.07) is 9.47. The Bertz CT molecular complexity index is 829. The molecule has 5 nitrogen and oxygen atoms in total. The van der Waals surface area contributed by atoms with Crippen molar-refractivity contribution in [2.24, 2.45) is 0 Å². The van der Waals surface area contributed by atoms with Gasteiger partial charge >= 0.3 is 0 Å². The van der Waals surface area contributed by atoms with Gasteiger partial charge in [-0.3, -0.25) is 9.59 Å². The highest BCUT2D eigenvalue weighted by Crippen LogP contribution is 2.34. The molecule has 1 fully saturated rings. The molecule has 1 saturated heterocycles. The van der Waals surface area contributed by atoms with Crippen molar-refractivity contribution < 1.29 is 13.9 Å². The molecule has 1 aromatic heterocycles. The van der Waals surface area contributed by atoms with Gasteiger partial charge in [-0.1, -0.05) is 12.1 Å². The molecule has 0 spiro atoms. The molecule has 0 bridgehead atoms. The van der Waals surface area contributed by atoms with E-state index in [0.29, 0.717) is 19.8 Å². The maximum Gasteiger partial charge on any atom is 0.251 e. The lowest BCUT2D eigenvalue weighted by Gasteiger charge is -2.38. The number of aromatic nitrogens is 1. The highest BCUT2D eigenvalue weighted by atomic mass is 79.9. The van der Waals surface area contributed by atoms with Crippen molar-refractivity contribution in [2.45, 2.75) is 24.8 Å². The third kappa shape index (κ3) is 4.40. The quantitative estimate of drug-likeness (QED) is 0.805. The average molecular weight is 423 g/mol. The Morgan fingerprint density at radius 3 is 2.58 bits per heavy atom. The Morgan fingerprint density at radius 2 is 1.88 bits per heavy atom. The van der Waals surface area contributed by atoms with Crippen LogP contribution in [-0.4, -0.2) is 30.2 Å². The topological polar surface area (TPSA) is 60.3 Å². The Hall–Kier alpha value is -1.99. The van der Waals surface area contributed by atoms with E-state index in [0.717, 1.165) is 22.9 Å². The van der Waals surface area contributed by atoms with Crippen molar-refractivity contribution in [1.82, 2.24) is 9.88 Å². The second-order valence-electron chi connectivity index (χ2n) is 6.49. The van der Waals surface area contributed by atoms with Gasteiger partial charge in [0.2, 0.25) is 5.91 Å². The van der Waals surface area contributed by atoms with Gasteiger partial charge in [-0.05, 0) is 52.5 Å². The predicted molar refractivity (Wildman–Crippen MR) is 99.5 cm³/mol. The average Bonchev–Trinajstić information content (AvgIpc) is 2.64. The zero-order valence-electron chi connectivity index (χ0n) is 14.2. The summed E-state index contributed by atoms with van der Waals surface area (Å²) < 4.78 is 20.8. The van der Waals surface area contributed by atoms with Gasteiger partial charge in [0.15, 0.2) is 0 Å². The molecular weight excluding hydrogens is 403 g/mol. The normalized spacial score (nSPS) is 16.2. The molecule has 1 aromatic carbocycles. The summed E-state index contributed by atoms with van der Waals surface area (Å²) in [4.78, 5) is 24.2. The van der Waals surface area contributed by atoms with Gasteiger partial charge in [-0.15, -0.1) is 0 Å². The number of amides is 1. The van der Waals surface area contributed by atoms with Crippen LogP contribution in [0.1, 0.15) is 18.4 Å². The van der Waals surface area contributed by atoms with Crippen molar-refractivity contribution >= 4 is 21.8 Å². The van der Waals surface area contributed by atoms with Crippen LogP contribution in [0.3, 0.4) is 0 Å². The largest absolute Gasteiger partial charge is 0.381 e. The van der Waals surface area contributed by atoms with Crippen LogP contribution in [-0.2, 0) is 21.5 Å². The third-order valence-corrected chi connectivity index (χ3v) is 5.26. The van der Waals surface area contributed by atoms with Gasteiger partial charge in [-0.2, -0.15) is 0 Å². The fraction of sp³-hybridized carbons (Fsp3) is 0.368. The first-order chi connectivity index (χ1) is 12.5. The maximum absolute atomic E-state index is 13.3. The lowest BCUT2D eigenvalue weighted by Crippen LogP contribution is -2.45. The number of hydrogen-bond donors (Lipinski definition) is 1. The number of nitrogens with one attached hydrogen (secondary N) is 1. The van der Waals surface area contributed by atoms with Crippen LogP contribution in [0.15, 0.2) is 51.9 Å². The van der Waals surface area contributed by atoms with E-state index in [4.69, 9.17) is 4.74 Å². The summed E-state index contributed by atoms with van der Waals surface area (Å²) in [6.45, 7) is 1.56. The number of ether oxygens (including phenoxy) is 1. The number of pyridine rings is 1. The molecule has 0 aliphatic carbocycles. The highest BCUT2D eigenvalue weighted by Gasteiger charge is 2.34. The van der Waals surface area contributed by atoms with E-state index in [1.807, 2.05) is 0 Å². The molecule has 138 valence electrons. The molecule has 1 amide bonds. The standard InChI is InChI=1S/C19H20BrFN2O3/c20-15-3-6-18(25)23(11-15)12-17(24)22-13-19(7-9-26-10-8-19)14-1-4-16(21)5-2-14/h1-6,11H,7-10,12-13H2,(H,22,24). The van der Waals surface area contributed by atoms with E-state index in [1.54, 1.807) is 24.4 Å². The third-order valence-electron chi connectivity index (χ3n) is 4.79. The minimum Gasteiger partial charge on any atom is -0.381 e. The SMILES string of the molecule is O=C(Cn1cc(Br)ccc1=O)NCC1(c2ccc(F)cc2)CCOCC1. The van der Waals surface area contributed by atoms with Crippen LogP contribution >= 0.6 is 15.9 Å². The predicted octanol–water partition coefficient (Wildman–Crippen LogP) is 2.61. The summed E-state index contributed by atoms with van der Waals surface area (Å²) in [5.41, 5.74) is 0.467. The molecular formula is C19H20BrFN2O3. The molecule has 1 aliphatic heterocycles. The summed E-state index contributed by atoms with van der Waals surface area (Å²) >= 11 is 3.30. The van der Waals surface area contributed by atoms with Crippen molar-refractivity contribution in [1.29, 1.82) is 0 Å². The lowest BCUT2D eigenvalue weighted by atomic mass is 9.74. The molecule has 0 radical (unpaired) electrons. The summed E-state index contributed by atoms with van der Waals surface area (Å²) in [5.74, 6) is -0.521. The fourth-order valence-corrected chi connectivity index (χ4v) is 3.62. The van der Waals surface area contributed by atoms with Gasteiger partial charge in [0.05, 0.1) is 0 Å². The van der Waals surface area contributed by atoms with E-state index in [1.165, 1.54) is 22.8 Å². The Morgan fingerprint density at radius 1 is 1.19 bits per heavy atom. The molecule has 2 aromatic rings. The van der Waals surface area contributed by atoms with Crippen LogP contribution in [0.4, 0.5) is 4.39 Å². The van der Waals surface area contributed by atoms with Crippen LogP contribution in [0, 0.1) is 5.82 Å². The van der Waals surface area contributed by atoms with Crippen molar-refractivity contribution in [3.8, 4) is 0 Å². The van der Waals surface area contributed by atoms with Gasteiger partial charge in [0.1, 0.15) is 12.4 Å². The van der Waals surface area contributed by atoms with Crippen LogP contribution in [0.25, 0.3) is 0 Å². The van der Waals surface area contributed by atoms with Crippen LogP contribution in [0.2, 0.25) is 0 Å². The van der Waals surface area contributed by atoms with Crippen molar-refractivity contribution in [3.63, 3.8) is 0 Å². The molecule has 0 atom stereocenters. The second kappa shape index (κ2) is 8.14. The van der Waals surface area contributed by atoms with Crippen molar-refractivity contribution in [2.75, 3.05) is 19.8 Å². The minimum atomic E-state index is -0.288. The number of carbonyl (C=O) groups is 1. The zero-order chi connectivity index (χ0) is 18.6. The van der Waals surface area contributed by atoms with Crippen LogP contribution in [0.5, 0.6) is 0 Å². The van der Waals surface area contributed by atoms with Crippen LogP contribution < -0.4 is 10.9 Å². The van der Waals surface area contributed by atoms with E-state index in [-0.39, 0.29) is 29.2 Å². The monoisotopic (exact) mass is 422 g/mol. The lowest BCUT2D eigenvalue weighted by molar-refractivity contribution is -0.122. The molecule has 26 heavy (non-hydrogen) atoms. The number of halogens is 2. The summed E-state index contributed by atoms with van der Waals surface area (Å²) in [5, 5.41) is 2.94. The first-order valence-corrected chi connectivity index (χ1v) is 9.24. The molecule has 1 N–H and O–H groups in total. The van der Waals surface area contributed by atoms with Gasteiger partial charge in [0, 0.05) is 41.9 Å². The number of carbonyl (C=O) groups excluding carboxylic acids is 1. The number of benzene rings is 1. The van der Waals surface area contributed by atoms with Gasteiger partial charge in [0.25, 0.3) is 5.56 Å². The maximum atomic E-state index is 13.3. The second-order valence-corrected chi connectivity index (χ2v) is 7.41. The Kier molecular flexibility index (Phi) is 5.88. The Labute approximate surface area is 159 Å². The number of nitrogens with zero attached hydrogens (tertiary/aromatic N) is 1. The minimum absolute atomic E-state index is 0.0474. The molecule has 7 heteroatoms. The smallest absolute Gasteiger partial charge is 0.251 e. The molecule has 3 rings (SSSR count). The van der Waals surface area contributed by atoms with E-state index < -0.39 is 0 Å². The fourth-order valence-electron chi connectivity index (χ4n) is 3.24. The summed E-state index contributed by atoms with van der Waals surface area (Å²) in [6.07, 6.45) is 3.08. The van der Waals surface area contributed by atoms with Crippen molar-refractivity contribution in [3.05, 3.63) is 68.8 Å². The van der Waals surface area contributed by atoms with E-state index in [9.17, 15) is 14.0 Å². The first kappa shape index (κ1) is 18.8. The van der Waals surface area contributed by atoms with E-state index in [2.05, 4.69) is 21.2 Å². The highest BCUT2D eigenvalue weighted by molar-refractivity contribution is 9.10. The van der Waals surface area contributed by atoms with E-state index >= 15 is 0 Å². The Balaban J connectivity index is 1.71. The molecule has 2 heterocycles. The van der Waals surface area contributed by atoms with Gasteiger partial charge < -0.3 is 14.6 Å². The number of rotatable bonds is 5. The zero-order valence-corrected chi connectivity index (χ0v) is 15.8. The first-order valence-electron chi connectivity index (χ1n) is 8.45. The molecule has 0 unspecified atom stereocenters. The number of hydrogen-bond acceptors (Lipinski definition) is 3. The molecule has 1 aliphatic rings.